The topological polar surface area (TPSA) is 107 Å². The predicted octanol–water partition coefficient (Wildman–Crippen LogP) is 3.12. The van der Waals surface area contributed by atoms with E-state index < -0.39 is 50.7 Å². The van der Waals surface area contributed by atoms with Gasteiger partial charge in [-0.05, 0) is 41.8 Å². The van der Waals surface area contributed by atoms with E-state index in [1.54, 1.807) is 30.4 Å². The molecule has 0 unspecified atom stereocenters. The zero-order chi connectivity index (χ0) is 28.7. The minimum absolute atomic E-state index is 0.00355. The molecule has 1 aliphatic carbocycles. The fourth-order valence-electron chi connectivity index (χ4n) is 6.28. The monoisotopic (exact) mass is 584 g/mol. The van der Waals surface area contributed by atoms with Crippen LogP contribution in [-0.4, -0.2) is 40.6 Å². The van der Waals surface area contributed by atoms with Gasteiger partial charge in [-0.2, -0.15) is 0 Å². The summed E-state index contributed by atoms with van der Waals surface area (Å²) in [5.74, 6) is -3.59. The van der Waals surface area contributed by atoms with E-state index in [1.807, 2.05) is 0 Å². The van der Waals surface area contributed by atoms with Crippen LogP contribution in [0.25, 0.3) is 0 Å². The van der Waals surface area contributed by atoms with E-state index in [4.69, 9.17) is 23.2 Å². The molecule has 0 bridgehead atoms. The lowest BCUT2D eigenvalue weighted by molar-refractivity contribution is -0.122. The number of alkyl halides is 2. The fourth-order valence-corrected chi connectivity index (χ4v) is 7.19. The van der Waals surface area contributed by atoms with Crippen LogP contribution in [0.3, 0.4) is 0 Å². The number of hydrogen-bond donors (Lipinski definition) is 1. The number of fused-ring (bicyclic) bond motifs is 4. The molecule has 206 valence electrons. The molecule has 2 aromatic carbocycles. The van der Waals surface area contributed by atoms with Gasteiger partial charge < -0.3 is 5.11 Å². The summed E-state index contributed by atoms with van der Waals surface area (Å²) >= 11 is 14.5. The summed E-state index contributed by atoms with van der Waals surface area (Å²) in [6.45, 7) is 3.72. The maximum atomic E-state index is 14.3. The van der Waals surface area contributed by atoms with Crippen molar-refractivity contribution < 1.29 is 19.1 Å². The number of benzene rings is 2. The molecule has 1 saturated carbocycles. The van der Waals surface area contributed by atoms with Crippen molar-refractivity contribution in [1.82, 2.24) is 13.9 Å². The lowest BCUT2D eigenvalue weighted by Crippen LogP contribution is -2.59. The van der Waals surface area contributed by atoms with Crippen LogP contribution < -0.4 is 16.3 Å². The molecule has 4 atom stereocenters. The summed E-state index contributed by atoms with van der Waals surface area (Å²) in [5.41, 5.74) is 0.0935. The summed E-state index contributed by atoms with van der Waals surface area (Å²) < 4.78 is 17.1. The Balaban J connectivity index is 1.64. The van der Waals surface area contributed by atoms with E-state index in [1.165, 1.54) is 28.5 Å². The molecular weight excluding hydrogens is 562 g/mol. The third kappa shape index (κ3) is 3.20. The molecule has 1 aromatic heterocycles. The lowest BCUT2D eigenvalue weighted by Gasteiger charge is -2.49. The molecule has 1 saturated heterocycles. The molecule has 3 heterocycles. The van der Waals surface area contributed by atoms with Crippen molar-refractivity contribution in [3.05, 3.63) is 105 Å². The van der Waals surface area contributed by atoms with Crippen molar-refractivity contribution in [3.63, 3.8) is 0 Å². The molecule has 3 aliphatic rings. The summed E-state index contributed by atoms with van der Waals surface area (Å²) in [7, 11) is 1.34. The Kier molecular flexibility index (Phi) is 5.80. The minimum atomic E-state index is -2.15. The van der Waals surface area contributed by atoms with Gasteiger partial charge in [-0.25, -0.2) is 32.8 Å². The van der Waals surface area contributed by atoms with E-state index in [-0.39, 0.29) is 30.0 Å². The molecule has 40 heavy (non-hydrogen) atoms. The first-order valence-electron chi connectivity index (χ1n) is 12.5. The highest BCUT2D eigenvalue weighted by molar-refractivity contribution is 6.58. The highest BCUT2D eigenvalue weighted by Crippen LogP contribution is 2.64. The van der Waals surface area contributed by atoms with Crippen LogP contribution >= 0.6 is 23.2 Å². The van der Waals surface area contributed by atoms with Crippen LogP contribution in [-0.2, 0) is 29.6 Å². The molecule has 12 heteroatoms. The number of imide groups is 1. The number of phenols is 1. The highest BCUT2D eigenvalue weighted by atomic mass is 35.5. The van der Waals surface area contributed by atoms with Crippen LogP contribution in [0.2, 0.25) is 0 Å². The Morgan fingerprint density at radius 1 is 1.07 bits per heavy atom. The van der Waals surface area contributed by atoms with E-state index >= 15 is 0 Å². The summed E-state index contributed by atoms with van der Waals surface area (Å²) in [6.07, 6.45) is 3.31. The van der Waals surface area contributed by atoms with Gasteiger partial charge in [0.1, 0.15) is 11.6 Å². The van der Waals surface area contributed by atoms with E-state index in [0.29, 0.717) is 17.6 Å². The first kappa shape index (κ1) is 26.3. The minimum Gasteiger partial charge on any atom is -0.507 e. The van der Waals surface area contributed by atoms with Crippen molar-refractivity contribution in [2.75, 3.05) is 4.90 Å². The third-order valence-electron chi connectivity index (χ3n) is 8.18. The number of nitrogens with zero attached hydrogens (tertiary/aromatic N) is 4. The number of phenolic OH excluding ortho intramolecular Hbond substituents is 1. The van der Waals surface area contributed by atoms with E-state index in [2.05, 4.69) is 6.58 Å². The largest absolute Gasteiger partial charge is 0.507 e. The molecule has 6 rings (SSSR count). The van der Waals surface area contributed by atoms with Gasteiger partial charge in [0.15, 0.2) is 9.75 Å². The van der Waals surface area contributed by atoms with Gasteiger partial charge in [0.05, 0.1) is 18.3 Å². The molecule has 3 aromatic rings. The standard InChI is InChI=1S/C28H23Cl2FN4O5/c1-3-5-15-6-4-7-19(22(15)36)21-18-12-13-33-25(39)32(2)26(40)35(33)20(18)14-27(29)23(37)34(24(38)28(21,27)30)17-10-8-16(31)9-11-17/h3-4,6-12,20-21,36H,1,5,13-14H2,2H3/t20-,21-,27-,28+/m1/s1. The first-order valence-corrected chi connectivity index (χ1v) is 13.2. The molecule has 2 fully saturated rings. The SMILES string of the molecule is C=CCc1cccc([C@H]2C3=CCn4c(=O)n(C)c(=O)n4[C@@H]3C[C@@]3(Cl)C(=O)N(c4ccc(F)cc4)C(=O)[C@@]23Cl)c1O. The molecule has 9 nitrogen and oxygen atoms in total. The molecule has 0 radical (unpaired) electrons. The smallest absolute Gasteiger partial charge is 0.347 e. The third-order valence-corrected chi connectivity index (χ3v) is 9.59. The zero-order valence-electron chi connectivity index (χ0n) is 21.2. The fraction of sp³-hybridized carbons (Fsp3) is 0.286. The van der Waals surface area contributed by atoms with Crippen LogP contribution in [0.4, 0.5) is 10.1 Å². The second-order valence-electron chi connectivity index (χ2n) is 10.2. The van der Waals surface area contributed by atoms with Crippen molar-refractivity contribution in [2.24, 2.45) is 7.05 Å². The number of aromatic hydroxyl groups is 1. The van der Waals surface area contributed by atoms with Crippen molar-refractivity contribution in [3.8, 4) is 5.75 Å². The molecule has 0 spiro atoms. The first-order chi connectivity index (χ1) is 19.0. The van der Waals surface area contributed by atoms with Gasteiger partial charge in [0.25, 0.3) is 11.8 Å². The molecule has 2 amide bonds. The summed E-state index contributed by atoms with van der Waals surface area (Å²) in [4.78, 5) is 50.9. The summed E-state index contributed by atoms with van der Waals surface area (Å²) in [6, 6.07) is 8.77. The van der Waals surface area contributed by atoms with Gasteiger partial charge in [-0.15, -0.1) is 29.8 Å². The number of carbonyl (C=O) groups excluding carboxylic acids is 2. The average molecular weight is 585 g/mol. The number of rotatable bonds is 4. The van der Waals surface area contributed by atoms with Crippen LogP contribution in [0.5, 0.6) is 5.75 Å². The number of carbonyl (C=O) groups is 2. The van der Waals surface area contributed by atoms with Crippen molar-refractivity contribution >= 4 is 40.7 Å². The predicted molar refractivity (Wildman–Crippen MR) is 146 cm³/mol. The maximum Gasteiger partial charge on any atom is 0.347 e. The van der Waals surface area contributed by atoms with Gasteiger partial charge in [0.2, 0.25) is 0 Å². The zero-order valence-corrected chi connectivity index (χ0v) is 22.7. The number of aromatic nitrogens is 3. The average Bonchev–Trinajstić information content (AvgIpc) is 3.24. The number of amides is 2. The molecular formula is C28H23Cl2FN4O5. The second kappa shape index (κ2) is 8.81. The van der Waals surface area contributed by atoms with Crippen LogP contribution in [0, 0.1) is 5.82 Å². The highest BCUT2D eigenvalue weighted by Gasteiger charge is 2.76. The Morgan fingerprint density at radius 2 is 1.77 bits per heavy atom. The van der Waals surface area contributed by atoms with Gasteiger partial charge >= 0.3 is 11.4 Å². The lowest BCUT2D eigenvalue weighted by atomic mass is 9.64. The second-order valence-corrected chi connectivity index (χ2v) is 11.4. The quantitative estimate of drug-likeness (QED) is 0.288. The van der Waals surface area contributed by atoms with Crippen molar-refractivity contribution in [1.29, 1.82) is 0 Å². The molecule has 1 N–H and O–H groups in total. The number of halogens is 3. The maximum absolute atomic E-state index is 14.3. The van der Waals surface area contributed by atoms with Crippen molar-refractivity contribution in [2.45, 2.75) is 41.1 Å². The number of anilines is 1. The van der Waals surface area contributed by atoms with Crippen LogP contribution in [0.1, 0.15) is 29.5 Å². The van der Waals surface area contributed by atoms with Gasteiger partial charge in [-0.3, -0.25) is 9.59 Å². The Labute approximate surface area is 236 Å². The Bertz CT molecular complexity index is 1770. The van der Waals surface area contributed by atoms with E-state index in [9.17, 15) is 28.7 Å². The van der Waals surface area contributed by atoms with Crippen LogP contribution in [0.15, 0.2) is 76.4 Å². The Morgan fingerprint density at radius 3 is 2.45 bits per heavy atom. The van der Waals surface area contributed by atoms with Gasteiger partial charge in [0, 0.05) is 24.9 Å². The molecule has 2 aliphatic heterocycles. The number of allylic oxidation sites excluding steroid dienone is 3. The van der Waals surface area contributed by atoms with E-state index in [0.717, 1.165) is 21.6 Å². The number of para-hydroxylation sites is 1. The number of hydrogen-bond acceptors (Lipinski definition) is 5. The van der Waals surface area contributed by atoms with Gasteiger partial charge in [-0.1, -0.05) is 30.4 Å². The Hall–Kier alpha value is -3.89. The summed E-state index contributed by atoms with van der Waals surface area (Å²) in [5, 5.41) is 11.4. The normalized spacial score (nSPS) is 27.2.